The van der Waals surface area contributed by atoms with Crippen molar-refractivity contribution >= 4 is 17.8 Å². The molecule has 2 rings (SSSR count). The summed E-state index contributed by atoms with van der Waals surface area (Å²) in [6.07, 6.45) is -0.0569. The molecule has 1 aliphatic carbocycles. The van der Waals surface area contributed by atoms with Crippen LogP contribution < -0.4 is 0 Å². The van der Waals surface area contributed by atoms with Crippen LogP contribution in [0.5, 0.6) is 0 Å². The lowest BCUT2D eigenvalue weighted by Crippen LogP contribution is -2.33. The first kappa shape index (κ1) is 19.0. The van der Waals surface area contributed by atoms with Crippen LogP contribution in [0.15, 0.2) is 18.2 Å². The summed E-state index contributed by atoms with van der Waals surface area (Å²) >= 11 is 0. The predicted molar refractivity (Wildman–Crippen MR) is 92.3 cm³/mol. The fourth-order valence-corrected chi connectivity index (χ4v) is 2.74. The Morgan fingerprint density at radius 3 is 2.56 bits per heavy atom. The van der Waals surface area contributed by atoms with Crippen molar-refractivity contribution in [1.29, 1.82) is 0 Å². The smallest absolute Gasteiger partial charge is 0.410 e. The highest BCUT2D eigenvalue weighted by Crippen LogP contribution is 2.29. The molecule has 6 nitrogen and oxygen atoms in total. The van der Waals surface area contributed by atoms with E-state index in [4.69, 9.17) is 9.47 Å². The van der Waals surface area contributed by atoms with Crippen molar-refractivity contribution in [2.24, 2.45) is 5.92 Å². The topological polar surface area (TPSA) is 72.9 Å². The molecule has 0 bridgehead atoms. The number of fused-ring (bicyclic) bond motifs is 1. The lowest BCUT2D eigenvalue weighted by atomic mass is 10.0. The summed E-state index contributed by atoms with van der Waals surface area (Å²) in [4.78, 5) is 37.9. The van der Waals surface area contributed by atoms with Gasteiger partial charge in [0.15, 0.2) is 5.78 Å². The van der Waals surface area contributed by atoms with Crippen LogP contribution in [0.1, 0.15) is 49.2 Å². The zero-order chi connectivity index (χ0) is 18.8. The number of Topliss-reactive ketones (excluding diaryl/α,β-unsaturated/α-hetero) is 1. The quantitative estimate of drug-likeness (QED) is 0.618. The van der Waals surface area contributed by atoms with Crippen molar-refractivity contribution in [2.45, 2.75) is 46.3 Å². The van der Waals surface area contributed by atoms with Gasteiger partial charge in [0, 0.05) is 19.2 Å². The van der Waals surface area contributed by atoms with Gasteiger partial charge in [-0.1, -0.05) is 12.1 Å². The van der Waals surface area contributed by atoms with E-state index < -0.39 is 23.6 Å². The van der Waals surface area contributed by atoms with Crippen LogP contribution in [0, 0.1) is 5.92 Å². The molecule has 1 atom stereocenters. The fraction of sp³-hybridized carbons (Fsp3) is 0.526. The minimum absolute atomic E-state index is 0.213. The van der Waals surface area contributed by atoms with Crippen LogP contribution in [0.3, 0.4) is 0 Å². The molecular formula is C19H25NO5. The molecule has 1 aliphatic rings. The zero-order valence-electron chi connectivity index (χ0n) is 15.4. The van der Waals surface area contributed by atoms with E-state index in [1.807, 2.05) is 32.9 Å². The third kappa shape index (κ3) is 4.59. The SMILES string of the molecule is CCOC(=O)[C@H]1Cc2ccc(CN(C)C(=O)OC(C)(C)C)cc2C1=O. The Labute approximate surface area is 148 Å². The van der Waals surface area contributed by atoms with Crippen molar-refractivity contribution in [3.63, 3.8) is 0 Å². The molecule has 1 amide bonds. The fourth-order valence-electron chi connectivity index (χ4n) is 2.74. The molecule has 1 aromatic carbocycles. The summed E-state index contributed by atoms with van der Waals surface area (Å²) in [6.45, 7) is 7.71. The summed E-state index contributed by atoms with van der Waals surface area (Å²) in [7, 11) is 1.64. The number of esters is 1. The number of amides is 1. The molecule has 0 spiro atoms. The van der Waals surface area contributed by atoms with Gasteiger partial charge in [-0.15, -0.1) is 0 Å². The molecule has 0 radical (unpaired) electrons. The number of rotatable bonds is 4. The van der Waals surface area contributed by atoms with Crippen LogP contribution >= 0.6 is 0 Å². The second-order valence-corrected chi connectivity index (χ2v) is 7.20. The van der Waals surface area contributed by atoms with Gasteiger partial charge in [-0.3, -0.25) is 9.59 Å². The van der Waals surface area contributed by atoms with Crippen molar-refractivity contribution in [2.75, 3.05) is 13.7 Å². The van der Waals surface area contributed by atoms with Crippen molar-refractivity contribution < 1.29 is 23.9 Å². The van der Waals surface area contributed by atoms with Gasteiger partial charge in [0.05, 0.1) is 6.61 Å². The Morgan fingerprint density at radius 2 is 1.96 bits per heavy atom. The number of hydrogen-bond acceptors (Lipinski definition) is 5. The summed E-state index contributed by atoms with van der Waals surface area (Å²) in [5, 5.41) is 0. The number of ether oxygens (including phenoxy) is 2. The lowest BCUT2D eigenvalue weighted by molar-refractivity contribution is -0.145. The Bertz CT molecular complexity index is 690. The maximum absolute atomic E-state index is 12.5. The standard InChI is InChI=1S/C19H25NO5/c1-6-24-17(22)15-10-13-8-7-12(9-14(13)16(15)21)11-20(5)18(23)25-19(2,3)4/h7-9,15H,6,10-11H2,1-5H3/t15-/m0/s1. The van der Waals surface area contributed by atoms with Gasteiger partial charge in [-0.2, -0.15) is 0 Å². The minimum Gasteiger partial charge on any atom is -0.465 e. The monoisotopic (exact) mass is 347 g/mol. The Balaban J connectivity index is 2.09. The van der Waals surface area contributed by atoms with Gasteiger partial charge >= 0.3 is 12.1 Å². The molecule has 25 heavy (non-hydrogen) atoms. The van der Waals surface area contributed by atoms with Gasteiger partial charge in [-0.05, 0) is 51.3 Å². The lowest BCUT2D eigenvalue weighted by Gasteiger charge is -2.24. The first-order valence-corrected chi connectivity index (χ1v) is 8.39. The molecule has 0 saturated carbocycles. The van der Waals surface area contributed by atoms with Gasteiger partial charge < -0.3 is 14.4 Å². The van der Waals surface area contributed by atoms with E-state index >= 15 is 0 Å². The molecule has 0 heterocycles. The molecule has 0 N–H and O–H groups in total. The van der Waals surface area contributed by atoms with Gasteiger partial charge in [0.25, 0.3) is 0 Å². The molecule has 6 heteroatoms. The average Bonchev–Trinajstić information content (AvgIpc) is 2.83. The largest absolute Gasteiger partial charge is 0.465 e. The van der Waals surface area contributed by atoms with E-state index in [1.165, 1.54) is 4.90 Å². The van der Waals surface area contributed by atoms with Crippen LogP contribution in [-0.4, -0.2) is 42.0 Å². The van der Waals surface area contributed by atoms with Crippen molar-refractivity contribution in [3.05, 3.63) is 34.9 Å². The normalized spacial score (nSPS) is 16.4. The summed E-state index contributed by atoms with van der Waals surface area (Å²) in [6, 6.07) is 5.45. The predicted octanol–water partition coefficient (Wildman–Crippen LogP) is 2.97. The number of hydrogen-bond donors (Lipinski definition) is 0. The Hall–Kier alpha value is -2.37. The Morgan fingerprint density at radius 1 is 1.28 bits per heavy atom. The maximum Gasteiger partial charge on any atom is 0.410 e. The van der Waals surface area contributed by atoms with Crippen molar-refractivity contribution in [1.82, 2.24) is 4.90 Å². The van der Waals surface area contributed by atoms with Crippen LogP contribution in [-0.2, 0) is 27.2 Å². The molecule has 0 aromatic heterocycles. The highest BCUT2D eigenvalue weighted by Gasteiger charge is 2.37. The Kier molecular flexibility index (Phi) is 5.50. The minimum atomic E-state index is -0.756. The van der Waals surface area contributed by atoms with E-state index in [0.717, 1.165) is 11.1 Å². The maximum atomic E-state index is 12.5. The average molecular weight is 347 g/mol. The summed E-state index contributed by atoms with van der Waals surface area (Å²) in [5.74, 6) is -1.44. The number of ketones is 1. The molecule has 0 unspecified atom stereocenters. The highest BCUT2D eigenvalue weighted by atomic mass is 16.6. The summed E-state index contributed by atoms with van der Waals surface area (Å²) in [5.41, 5.74) is 1.62. The third-order valence-electron chi connectivity index (χ3n) is 3.88. The van der Waals surface area contributed by atoms with E-state index in [0.29, 0.717) is 18.5 Å². The number of carbonyl (C=O) groups is 3. The van der Waals surface area contributed by atoms with E-state index in [2.05, 4.69) is 0 Å². The number of carbonyl (C=O) groups excluding carboxylic acids is 3. The summed E-state index contributed by atoms with van der Waals surface area (Å²) < 4.78 is 10.3. The molecule has 136 valence electrons. The molecular weight excluding hydrogens is 322 g/mol. The van der Waals surface area contributed by atoms with E-state index in [9.17, 15) is 14.4 Å². The van der Waals surface area contributed by atoms with Crippen LogP contribution in [0.25, 0.3) is 0 Å². The van der Waals surface area contributed by atoms with Crippen LogP contribution in [0.2, 0.25) is 0 Å². The zero-order valence-corrected chi connectivity index (χ0v) is 15.4. The second-order valence-electron chi connectivity index (χ2n) is 7.20. The van der Waals surface area contributed by atoms with E-state index in [1.54, 1.807) is 20.0 Å². The first-order chi connectivity index (χ1) is 11.6. The van der Waals surface area contributed by atoms with Crippen LogP contribution in [0.4, 0.5) is 4.79 Å². The number of benzene rings is 1. The van der Waals surface area contributed by atoms with Gasteiger partial charge in [0.2, 0.25) is 0 Å². The van der Waals surface area contributed by atoms with Gasteiger partial charge in [0.1, 0.15) is 11.5 Å². The number of nitrogens with zero attached hydrogens (tertiary/aromatic N) is 1. The molecule has 1 aromatic rings. The van der Waals surface area contributed by atoms with Crippen molar-refractivity contribution in [3.8, 4) is 0 Å². The first-order valence-electron chi connectivity index (χ1n) is 8.39. The molecule has 0 saturated heterocycles. The molecule has 0 fully saturated rings. The van der Waals surface area contributed by atoms with E-state index in [-0.39, 0.29) is 12.4 Å². The second kappa shape index (κ2) is 7.25. The van der Waals surface area contributed by atoms with Gasteiger partial charge in [-0.25, -0.2) is 4.79 Å². The molecule has 0 aliphatic heterocycles. The third-order valence-corrected chi connectivity index (χ3v) is 3.88. The highest BCUT2D eigenvalue weighted by molar-refractivity contribution is 6.12.